The van der Waals surface area contributed by atoms with E-state index in [1.54, 1.807) is 24.3 Å². The summed E-state index contributed by atoms with van der Waals surface area (Å²) < 4.78 is 1.03. The third kappa shape index (κ3) is 2.81. The van der Waals surface area contributed by atoms with Crippen molar-refractivity contribution in [3.8, 4) is 0 Å². The number of aromatic nitrogens is 1. The maximum atomic E-state index is 12.6. The molecule has 0 aliphatic heterocycles. The molecule has 104 valence electrons. The van der Waals surface area contributed by atoms with Gasteiger partial charge in [-0.3, -0.25) is 9.78 Å². The third-order valence-corrected chi connectivity index (χ3v) is 3.90. The first kappa shape index (κ1) is 13.8. The molecule has 1 amide bonds. The number of halogens is 1. The fourth-order valence-corrected chi connectivity index (χ4v) is 2.61. The van der Waals surface area contributed by atoms with Gasteiger partial charge in [-0.05, 0) is 47.2 Å². The molecular formula is C17H13BrN2O. The highest BCUT2D eigenvalue weighted by molar-refractivity contribution is 9.10. The number of nitrogens with zero attached hydrogens (tertiary/aromatic N) is 2. The van der Waals surface area contributed by atoms with Gasteiger partial charge in [0.15, 0.2) is 0 Å². The van der Waals surface area contributed by atoms with Gasteiger partial charge >= 0.3 is 0 Å². The first-order chi connectivity index (χ1) is 10.1. The molecule has 3 aromatic rings. The van der Waals surface area contributed by atoms with Crippen LogP contribution in [0.25, 0.3) is 10.8 Å². The molecule has 3 nitrogen and oxygen atoms in total. The molecule has 0 bridgehead atoms. The van der Waals surface area contributed by atoms with E-state index in [1.165, 1.54) is 0 Å². The molecule has 0 saturated carbocycles. The highest BCUT2D eigenvalue weighted by atomic mass is 79.9. The monoisotopic (exact) mass is 340 g/mol. The molecule has 0 saturated heterocycles. The Bertz CT molecular complexity index is 802. The van der Waals surface area contributed by atoms with Crippen molar-refractivity contribution in [2.24, 2.45) is 0 Å². The van der Waals surface area contributed by atoms with Crippen molar-refractivity contribution < 1.29 is 4.79 Å². The van der Waals surface area contributed by atoms with Crippen LogP contribution in [-0.4, -0.2) is 17.9 Å². The van der Waals surface area contributed by atoms with Gasteiger partial charge in [-0.25, -0.2) is 0 Å². The molecule has 21 heavy (non-hydrogen) atoms. The van der Waals surface area contributed by atoms with Crippen molar-refractivity contribution in [1.29, 1.82) is 0 Å². The van der Waals surface area contributed by atoms with Gasteiger partial charge in [0, 0.05) is 35.2 Å². The lowest BCUT2D eigenvalue weighted by Crippen LogP contribution is -2.26. The Morgan fingerprint density at radius 3 is 2.43 bits per heavy atom. The summed E-state index contributed by atoms with van der Waals surface area (Å²) >= 11 is 3.45. The van der Waals surface area contributed by atoms with Crippen LogP contribution in [0.1, 0.15) is 10.4 Å². The Morgan fingerprint density at radius 1 is 1.00 bits per heavy atom. The average Bonchev–Trinajstić information content (AvgIpc) is 2.53. The van der Waals surface area contributed by atoms with Gasteiger partial charge in [0.25, 0.3) is 5.91 Å². The Hall–Kier alpha value is -2.20. The smallest absolute Gasteiger partial charge is 0.258 e. The molecule has 1 aromatic heterocycles. The van der Waals surface area contributed by atoms with Crippen molar-refractivity contribution >= 4 is 38.3 Å². The lowest BCUT2D eigenvalue weighted by atomic mass is 10.1. The van der Waals surface area contributed by atoms with Crippen LogP contribution in [-0.2, 0) is 0 Å². The minimum atomic E-state index is -0.0361. The highest BCUT2D eigenvalue weighted by Gasteiger charge is 2.13. The number of amides is 1. The summed E-state index contributed by atoms with van der Waals surface area (Å²) in [5.74, 6) is -0.0361. The molecule has 0 N–H and O–H groups in total. The molecular weight excluding hydrogens is 328 g/mol. The van der Waals surface area contributed by atoms with E-state index >= 15 is 0 Å². The number of hydrogen-bond acceptors (Lipinski definition) is 2. The maximum Gasteiger partial charge on any atom is 0.258 e. The Balaban J connectivity index is 1.96. The van der Waals surface area contributed by atoms with Crippen LogP contribution in [0, 0.1) is 0 Å². The number of benzene rings is 2. The normalized spacial score (nSPS) is 10.6. The SMILES string of the molecule is CN(C(=O)c1ccc2cc(Br)ccc2c1)c1ccncc1. The molecule has 2 aromatic carbocycles. The van der Waals surface area contributed by atoms with Crippen molar-refractivity contribution in [1.82, 2.24) is 4.98 Å². The second-order valence-corrected chi connectivity index (χ2v) is 5.69. The lowest BCUT2D eigenvalue weighted by Gasteiger charge is -2.17. The van der Waals surface area contributed by atoms with Crippen molar-refractivity contribution in [2.45, 2.75) is 0 Å². The molecule has 0 atom stereocenters. The van der Waals surface area contributed by atoms with Gasteiger partial charge in [0.1, 0.15) is 0 Å². The predicted octanol–water partition coefficient (Wildman–Crippen LogP) is 4.27. The number of anilines is 1. The summed E-state index contributed by atoms with van der Waals surface area (Å²) in [6.45, 7) is 0. The summed E-state index contributed by atoms with van der Waals surface area (Å²) in [5, 5.41) is 2.15. The zero-order valence-corrected chi connectivity index (χ0v) is 13.0. The van der Waals surface area contributed by atoms with E-state index in [4.69, 9.17) is 0 Å². The second-order valence-electron chi connectivity index (χ2n) is 4.78. The highest BCUT2D eigenvalue weighted by Crippen LogP contribution is 2.22. The first-order valence-corrected chi connectivity index (χ1v) is 7.32. The number of carbonyl (C=O) groups is 1. The second kappa shape index (κ2) is 5.66. The average molecular weight is 341 g/mol. The maximum absolute atomic E-state index is 12.6. The number of fused-ring (bicyclic) bond motifs is 1. The topological polar surface area (TPSA) is 33.2 Å². The van der Waals surface area contributed by atoms with Gasteiger partial charge in [-0.15, -0.1) is 0 Å². The summed E-state index contributed by atoms with van der Waals surface area (Å²) in [5.41, 5.74) is 1.50. The number of rotatable bonds is 2. The summed E-state index contributed by atoms with van der Waals surface area (Å²) in [7, 11) is 1.77. The van der Waals surface area contributed by atoms with Gasteiger partial charge in [-0.1, -0.05) is 28.1 Å². The van der Waals surface area contributed by atoms with Crippen LogP contribution in [0.3, 0.4) is 0 Å². The van der Waals surface area contributed by atoms with Crippen LogP contribution in [0.5, 0.6) is 0 Å². The van der Waals surface area contributed by atoms with Gasteiger partial charge in [0.05, 0.1) is 0 Å². The van der Waals surface area contributed by atoms with Crippen LogP contribution < -0.4 is 4.90 Å². The van der Waals surface area contributed by atoms with Crippen molar-refractivity contribution in [3.63, 3.8) is 0 Å². The van der Waals surface area contributed by atoms with E-state index in [9.17, 15) is 4.79 Å². The van der Waals surface area contributed by atoms with Crippen molar-refractivity contribution in [2.75, 3.05) is 11.9 Å². The minimum absolute atomic E-state index is 0.0361. The molecule has 0 aliphatic carbocycles. The van der Waals surface area contributed by atoms with E-state index in [0.29, 0.717) is 5.56 Å². The molecule has 1 heterocycles. The molecule has 0 aliphatic rings. The summed E-state index contributed by atoms with van der Waals surface area (Å²) in [4.78, 5) is 18.1. The Labute approximate surface area is 131 Å². The van der Waals surface area contributed by atoms with Crippen LogP contribution in [0.4, 0.5) is 5.69 Å². The van der Waals surface area contributed by atoms with E-state index < -0.39 is 0 Å². The zero-order valence-electron chi connectivity index (χ0n) is 11.5. The predicted molar refractivity (Wildman–Crippen MR) is 88.6 cm³/mol. The Morgan fingerprint density at radius 2 is 1.67 bits per heavy atom. The lowest BCUT2D eigenvalue weighted by molar-refractivity contribution is 0.0993. The van der Waals surface area contributed by atoms with Crippen LogP contribution in [0.2, 0.25) is 0 Å². The molecule has 0 fully saturated rings. The summed E-state index contributed by atoms with van der Waals surface area (Å²) in [6.07, 6.45) is 3.36. The minimum Gasteiger partial charge on any atom is -0.311 e. The molecule has 0 unspecified atom stereocenters. The number of hydrogen-bond donors (Lipinski definition) is 0. The van der Waals surface area contributed by atoms with Gasteiger partial charge in [0.2, 0.25) is 0 Å². The molecule has 4 heteroatoms. The van der Waals surface area contributed by atoms with Crippen LogP contribution >= 0.6 is 15.9 Å². The molecule has 0 spiro atoms. The summed E-state index contributed by atoms with van der Waals surface area (Å²) in [6, 6.07) is 15.4. The fourth-order valence-electron chi connectivity index (χ4n) is 2.23. The Kier molecular flexibility index (Phi) is 3.71. The van der Waals surface area contributed by atoms with E-state index in [0.717, 1.165) is 20.9 Å². The van der Waals surface area contributed by atoms with E-state index in [2.05, 4.69) is 20.9 Å². The third-order valence-electron chi connectivity index (χ3n) is 3.40. The van der Waals surface area contributed by atoms with Gasteiger partial charge < -0.3 is 4.90 Å². The van der Waals surface area contributed by atoms with Crippen LogP contribution in [0.15, 0.2) is 65.4 Å². The largest absolute Gasteiger partial charge is 0.311 e. The standard InChI is InChI=1S/C17H13BrN2O/c1-20(16-6-8-19-9-7-16)17(21)14-3-2-13-11-15(18)5-4-12(13)10-14/h2-11H,1H3. The van der Waals surface area contributed by atoms with Gasteiger partial charge in [-0.2, -0.15) is 0 Å². The quantitative estimate of drug-likeness (QED) is 0.697. The molecule has 3 rings (SSSR count). The van der Waals surface area contributed by atoms with Crippen molar-refractivity contribution in [3.05, 3.63) is 71.0 Å². The molecule has 0 radical (unpaired) electrons. The number of pyridine rings is 1. The number of carbonyl (C=O) groups excluding carboxylic acids is 1. The van der Waals surface area contributed by atoms with E-state index in [-0.39, 0.29) is 5.91 Å². The first-order valence-electron chi connectivity index (χ1n) is 6.52. The fraction of sp³-hybridized carbons (Fsp3) is 0.0588. The van der Waals surface area contributed by atoms with E-state index in [1.807, 2.05) is 48.5 Å². The zero-order chi connectivity index (χ0) is 14.8.